The van der Waals surface area contributed by atoms with Crippen LogP contribution >= 0.6 is 0 Å². The first-order chi connectivity index (χ1) is 20.0. The lowest BCUT2D eigenvalue weighted by Crippen LogP contribution is -2.64. The van der Waals surface area contributed by atoms with Crippen LogP contribution in [-0.4, -0.2) is 28.3 Å². The van der Waals surface area contributed by atoms with E-state index in [-0.39, 0.29) is 33.4 Å². The average Bonchev–Trinajstić information content (AvgIpc) is 3.30. The molecule has 5 nitrogen and oxygen atoms in total. The average molecular weight is 594 g/mol. The van der Waals surface area contributed by atoms with Crippen LogP contribution in [0.15, 0.2) is 24.3 Å². The van der Waals surface area contributed by atoms with Crippen LogP contribution in [0.4, 0.5) is 9.18 Å². The number of hydrogen-bond acceptors (Lipinski definition) is 3. The Morgan fingerprint density at radius 2 is 1.67 bits per heavy atom. The van der Waals surface area contributed by atoms with E-state index in [1.165, 1.54) is 50.7 Å². The molecule has 2 N–H and O–H groups in total. The smallest absolute Gasteiger partial charge is 0.408 e. The second kappa shape index (κ2) is 10.1. The highest BCUT2D eigenvalue weighted by Gasteiger charge is 2.65. The summed E-state index contributed by atoms with van der Waals surface area (Å²) in [6, 6.07) is 4.64. The van der Waals surface area contributed by atoms with Gasteiger partial charge >= 0.3 is 12.1 Å². The summed E-state index contributed by atoms with van der Waals surface area (Å²) in [5.41, 5.74) is 1.36. The number of carboxylic acid groups (broad SMARTS) is 1. The SMILES string of the molecule is CC(C)(C)OC(=O)N[C@]12CCC[C@@H]1[C@H]1CCC3[C@@](C)(CCC4C(C)(C)C(c5ccc(C(=O)O)c(F)c5)=CC[C@@]43C)C1CC2. The predicted molar refractivity (Wildman–Crippen MR) is 167 cm³/mol. The van der Waals surface area contributed by atoms with Gasteiger partial charge in [0.2, 0.25) is 0 Å². The van der Waals surface area contributed by atoms with Crippen molar-refractivity contribution < 1.29 is 23.8 Å². The number of carbonyl (C=O) groups is 2. The van der Waals surface area contributed by atoms with Gasteiger partial charge in [0.15, 0.2) is 0 Å². The summed E-state index contributed by atoms with van der Waals surface area (Å²) in [7, 11) is 0. The number of rotatable bonds is 3. The molecule has 43 heavy (non-hydrogen) atoms. The van der Waals surface area contributed by atoms with E-state index >= 15 is 0 Å². The van der Waals surface area contributed by atoms with Crippen LogP contribution in [0.25, 0.3) is 5.57 Å². The van der Waals surface area contributed by atoms with Crippen molar-refractivity contribution in [1.82, 2.24) is 5.32 Å². The molecule has 0 heterocycles. The van der Waals surface area contributed by atoms with Gasteiger partial charge in [-0.2, -0.15) is 0 Å². The Morgan fingerprint density at radius 3 is 2.35 bits per heavy atom. The van der Waals surface area contributed by atoms with Crippen molar-refractivity contribution in [3.63, 3.8) is 0 Å². The Bertz CT molecular complexity index is 1340. The van der Waals surface area contributed by atoms with Crippen LogP contribution in [0.3, 0.4) is 0 Å². The standard InChI is InChI=1S/C37H52FNO4/c1-33(2,3)43-32(42)39-37-17-8-9-27(37)23-12-13-30-35(6,26(23)15-20-37)19-16-29-34(4,5)25(14-18-36(29,30)7)22-10-11-24(31(40)41)28(38)21-22/h10-11,14,21,23,26-27,29-30H,8-9,12-13,15-20H2,1-7H3,(H,39,42)(H,40,41)/t23-,26?,27+,29?,30?,35-,36-,37-/m0/s1. The molecule has 0 aliphatic heterocycles. The monoisotopic (exact) mass is 593 g/mol. The minimum Gasteiger partial charge on any atom is -0.478 e. The van der Waals surface area contributed by atoms with Gasteiger partial charge in [-0.3, -0.25) is 0 Å². The first-order valence-electron chi connectivity index (χ1n) is 16.8. The van der Waals surface area contributed by atoms with Crippen molar-refractivity contribution in [3.8, 4) is 0 Å². The van der Waals surface area contributed by atoms with Crippen molar-refractivity contribution in [2.45, 2.75) is 124 Å². The van der Waals surface area contributed by atoms with Crippen molar-refractivity contribution in [2.24, 2.45) is 45.8 Å². The molecule has 3 unspecified atom stereocenters. The van der Waals surface area contributed by atoms with Crippen molar-refractivity contribution in [3.05, 3.63) is 41.2 Å². The van der Waals surface area contributed by atoms with Crippen molar-refractivity contribution in [2.75, 3.05) is 0 Å². The quantitative estimate of drug-likeness (QED) is 0.366. The zero-order valence-corrected chi connectivity index (χ0v) is 27.3. The molecule has 5 aliphatic carbocycles. The largest absolute Gasteiger partial charge is 0.478 e. The number of benzene rings is 1. The van der Waals surface area contributed by atoms with Crippen LogP contribution in [0.5, 0.6) is 0 Å². The number of carbonyl (C=O) groups excluding carboxylic acids is 1. The Morgan fingerprint density at radius 1 is 0.930 bits per heavy atom. The van der Waals surface area contributed by atoms with Crippen molar-refractivity contribution in [1.29, 1.82) is 0 Å². The molecule has 4 fully saturated rings. The number of carboxylic acids is 1. The van der Waals surface area contributed by atoms with Crippen LogP contribution < -0.4 is 5.32 Å². The molecule has 0 radical (unpaired) electrons. The first-order valence-corrected chi connectivity index (χ1v) is 16.8. The van der Waals surface area contributed by atoms with E-state index in [9.17, 15) is 19.1 Å². The second-order valence-corrected chi connectivity index (χ2v) is 16.9. The summed E-state index contributed by atoms with van der Waals surface area (Å²) in [5.74, 6) is 1.05. The maximum absolute atomic E-state index is 14.8. The molecule has 0 bridgehead atoms. The minimum atomic E-state index is -1.23. The molecule has 4 saturated carbocycles. The molecule has 6 heteroatoms. The topological polar surface area (TPSA) is 75.6 Å². The number of amides is 1. The molecule has 1 aromatic carbocycles. The molecule has 0 saturated heterocycles. The Balaban J connectivity index is 1.27. The van der Waals surface area contributed by atoms with Crippen LogP contribution in [0.2, 0.25) is 0 Å². The van der Waals surface area contributed by atoms with Gasteiger partial charge in [-0.25, -0.2) is 14.0 Å². The van der Waals surface area contributed by atoms with Gasteiger partial charge in [-0.05, 0) is 148 Å². The van der Waals surface area contributed by atoms with E-state index in [0.29, 0.717) is 29.6 Å². The molecule has 0 spiro atoms. The minimum absolute atomic E-state index is 0.121. The molecular formula is C37H52FNO4. The normalized spacial score (nSPS) is 39.8. The number of fused-ring (bicyclic) bond motifs is 7. The summed E-state index contributed by atoms with van der Waals surface area (Å²) < 4.78 is 20.5. The third-order valence-electron chi connectivity index (χ3n) is 13.4. The molecule has 5 aliphatic rings. The highest BCUT2D eigenvalue weighted by Crippen LogP contribution is 2.72. The third kappa shape index (κ3) is 4.76. The number of nitrogens with one attached hydrogen (secondary N) is 1. The molecule has 236 valence electrons. The fourth-order valence-electron chi connectivity index (χ4n) is 11.9. The third-order valence-corrected chi connectivity index (χ3v) is 13.4. The summed E-state index contributed by atoms with van der Waals surface area (Å²) >= 11 is 0. The van der Waals surface area contributed by atoms with Gasteiger partial charge in [0.25, 0.3) is 0 Å². The van der Waals surface area contributed by atoms with Gasteiger partial charge in [0.05, 0.1) is 5.56 Å². The van der Waals surface area contributed by atoms with E-state index in [2.05, 4.69) is 39.1 Å². The number of aromatic carboxylic acids is 1. The summed E-state index contributed by atoms with van der Waals surface area (Å²) in [4.78, 5) is 24.4. The number of ether oxygens (including phenoxy) is 1. The van der Waals surface area contributed by atoms with Gasteiger partial charge in [0.1, 0.15) is 11.4 Å². The molecular weight excluding hydrogens is 541 g/mol. The number of halogens is 1. The van der Waals surface area contributed by atoms with E-state index in [1.54, 1.807) is 6.07 Å². The number of hydrogen-bond donors (Lipinski definition) is 2. The van der Waals surface area contributed by atoms with Crippen LogP contribution in [0.1, 0.15) is 129 Å². The van der Waals surface area contributed by atoms with Crippen LogP contribution in [0, 0.1) is 51.7 Å². The Labute approximate surface area is 257 Å². The zero-order chi connectivity index (χ0) is 31.2. The lowest BCUT2D eigenvalue weighted by Gasteiger charge is -2.68. The summed E-state index contributed by atoms with van der Waals surface area (Å²) in [6.07, 6.45) is 13.6. The van der Waals surface area contributed by atoms with E-state index in [1.807, 2.05) is 20.8 Å². The van der Waals surface area contributed by atoms with Gasteiger partial charge in [-0.1, -0.05) is 46.3 Å². The van der Waals surface area contributed by atoms with E-state index in [4.69, 9.17) is 4.74 Å². The molecule has 1 amide bonds. The Hall–Kier alpha value is -2.37. The highest BCUT2D eigenvalue weighted by atomic mass is 19.1. The lowest BCUT2D eigenvalue weighted by atomic mass is 9.37. The van der Waals surface area contributed by atoms with Crippen molar-refractivity contribution >= 4 is 17.6 Å². The fraction of sp³-hybridized carbons (Fsp3) is 0.730. The van der Waals surface area contributed by atoms with Gasteiger partial charge in [-0.15, -0.1) is 0 Å². The molecule has 8 atom stereocenters. The number of allylic oxidation sites excluding steroid dienone is 2. The van der Waals surface area contributed by atoms with Crippen LogP contribution in [-0.2, 0) is 4.74 Å². The molecule has 1 aromatic rings. The van der Waals surface area contributed by atoms with E-state index < -0.39 is 17.4 Å². The highest BCUT2D eigenvalue weighted by molar-refractivity contribution is 5.88. The number of alkyl carbamates (subject to hydrolysis) is 1. The fourth-order valence-corrected chi connectivity index (χ4v) is 11.9. The maximum atomic E-state index is 14.8. The van der Waals surface area contributed by atoms with E-state index in [0.717, 1.165) is 36.8 Å². The molecule has 0 aromatic heterocycles. The zero-order valence-electron chi connectivity index (χ0n) is 27.3. The lowest BCUT2D eigenvalue weighted by molar-refractivity contribution is -0.172. The predicted octanol–water partition coefficient (Wildman–Crippen LogP) is 9.26. The van der Waals surface area contributed by atoms with Gasteiger partial charge in [0, 0.05) is 5.54 Å². The van der Waals surface area contributed by atoms with Gasteiger partial charge < -0.3 is 15.2 Å². The maximum Gasteiger partial charge on any atom is 0.408 e. The second-order valence-electron chi connectivity index (χ2n) is 16.9. The first kappa shape index (κ1) is 30.6. The summed E-state index contributed by atoms with van der Waals surface area (Å²) in [6.45, 7) is 15.6. The molecule has 6 rings (SSSR count). The summed E-state index contributed by atoms with van der Waals surface area (Å²) in [5, 5.41) is 12.8. The Kier molecular flexibility index (Phi) is 7.18.